The van der Waals surface area contributed by atoms with Crippen molar-refractivity contribution < 1.29 is 33.1 Å². The van der Waals surface area contributed by atoms with Gasteiger partial charge in [-0.3, -0.25) is 9.35 Å². The topological polar surface area (TPSA) is 132 Å². The number of hydrogen-bond donors (Lipinski definition) is 4. The average Bonchev–Trinajstić information content (AvgIpc) is 1.96. The lowest BCUT2D eigenvalue weighted by molar-refractivity contribution is -0.134. The predicted octanol–water partition coefficient (Wildman–Crippen LogP) is -1.43. The van der Waals surface area contributed by atoms with E-state index in [-0.39, 0.29) is 13.2 Å². The maximum Gasteiger partial charge on any atom is 0.300 e. The fraction of sp³-hybridized carbons (Fsp3) is 0.571. The largest absolute Gasteiger partial charge is 0.481 e. The van der Waals surface area contributed by atoms with Gasteiger partial charge in [-0.05, 0) is 0 Å². The molecule has 0 atom stereocenters. The number of hydrogen-bond acceptors (Lipinski definition) is 5. The number of carboxylic acid groups (broad SMARTS) is 1. The molecule has 0 unspecified atom stereocenters. The maximum absolute atomic E-state index is 9.19. The van der Waals surface area contributed by atoms with Crippen LogP contribution in [0, 0.1) is 11.8 Å². The summed E-state index contributed by atoms with van der Waals surface area (Å²) in [6.07, 6.45) is 0.715. The molecule has 8 heteroatoms. The van der Waals surface area contributed by atoms with Crippen LogP contribution in [0.5, 0.6) is 0 Å². The van der Waals surface area contributed by atoms with Crippen LogP contribution >= 0.6 is 0 Å². The second kappa shape index (κ2) is 12.9. The van der Waals surface area contributed by atoms with Crippen molar-refractivity contribution >= 4 is 16.1 Å². The second-order valence-electron chi connectivity index (χ2n) is 1.92. The molecular formula is C7H14O7S. The zero-order valence-corrected chi connectivity index (χ0v) is 9.15. The molecule has 7 nitrogen and oxygen atoms in total. The van der Waals surface area contributed by atoms with Crippen molar-refractivity contribution in [2.24, 2.45) is 0 Å². The van der Waals surface area contributed by atoms with Gasteiger partial charge in [0.25, 0.3) is 16.1 Å². The zero-order chi connectivity index (χ0) is 12.9. The first-order valence-corrected chi connectivity index (χ1v) is 5.29. The Morgan fingerprint density at radius 3 is 1.40 bits per heavy atom. The van der Waals surface area contributed by atoms with Crippen LogP contribution in [0.25, 0.3) is 0 Å². The van der Waals surface area contributed by atoms with Crippen molar-refractivity contribution in [3.63, 3.8) is 0 Å². The highest BCUT2D eigenvalue weighted by atomic mass is 32.2. The van der Waals surface area contributed by atoms with E-state index in [0.717, 1.165) is 6.92 Å². The first-order valence-electron chi connectivity index (χ1n) is 3.44. The Kier molecular flexibility index (Phi) is 16.7. The smallest absolute Gasteiger partial charge is 0.300 e. The number of carboxylic acids is 1. The predicted molar refractivity (Wildman–Crippen MR) is 52.7 cm³/mol. The van der Waals surface area contributed by atoms with E-state index in [0.29, 0.717) is 6.26 Å². The molecular weight excluding hydrogens is 228 g/mol. The summed E-state index contributed by atoms with van der Waals surface area (Å²) >= 11 is 0. The monoisotopic (exact) mass is 242 g/mol. The van der Waals surface area contributed by atoms with Crippen LogP contribution in [-0.4, -0.2) is 53.7 Å². The van der Waals surface area contributed by atoms with Crippen molar-refractivity contribution in [2.75, 3.05) is 19.5 Å². The average molecular weight is 242 g/mol. The van der Waals surface area contributed by atoms with Crippen LogP contribution in [0.4, 0.5) is 0 Å². The molecule has 0 heterocycles. The summed E-state index contributed by atoms with van der Waals surface area (Å²) in [6.45, 7) is 0.751. The van der Waals surface area contributed by atoms with Gasteiger partial charge in [0.2, 0.25) is 0 Å². The highest BCUT2D eigenvalue weighted by molar-refractivity contribution is 7.85. The van der Waals surface area contributed by atoms with E-state index in [1.54, 1.807) is 0 Å². The fourth-order valence-electron chi connectivity index (χ4n) is 0.112. The maximum atomic E-state index is 9.19. The zero-order valence-electron chi connectivity index (χ0n) is 8.34. The fourth-order valence-corrected chi connectivity index (χ4v) is 0.112. The molecule has 0 fully saturated rings. The van der Waals surface area contributed by atoms with E-state index < -0.39 is 16.1 Å². The Morgan fingerprint density at radius 2 is 1.33 bits per heavy atom. The molecule has 0 saturated heterocycles. The van der Waals surface area contributed by atoms with Crippen molar-refractivity contribution in [1.29, 1.82) is 0 Å². The Hall–Kier alpha value is -1.14. The molecule has 0 aromatic rings. The molecule has 0 saturated carbocycles. The normalized spacial score (nSPS) is 8.07. The van der Waals surface area contributed by atoms with Gasteiger partial charge in [-0.2, -0.15) is 8.42 Å². The van der Waals surface area contributed by atoms with Crippen molar-refractivity contribution in [1.82, 2.24) is 0 Å². The first kappa shape index (κ1) is 19.4. The number of rotatable bonds is 0. The summed E-state index contributed by atoms with van der Waals surface area (Å²) in [5.74, 6) is 3.67. The lowest BCUT2D eigenvalue weighted by Gasteiger charge is -1.69. The molecule has 4 N–H and O–H groups in total. The Morgan fingerprint density at radius 1 is 1.20 bits per heavy atom. The number of carbonyl (C=O) groups is 1. The summed E-state index contributed by atoms with van der Waals surface area (Å²) in [6, 6.07) is 0. The van der Waals surface area contributed by atoms with E-state index in [4.69, 9.17) is 24.7 Å². The van der Waals surface area contributed by atoms with Gasteiger partial charge in [0.15, 0.2) is 0 Å². The lowest BCUT2D eigenvalue weighted by atomic mass is 10.6. The summed E-state index contributed by atoms with van der Waals surface area (Å²) in [5, 5.41) is 23.2. The Bertz CT molecular complexity index is 275. The minimum absolute atomic E-state index is 0.166. The highest BCUT2D eigenvalue weighted by Crippen LogP contribution is 1.60. The Labute approximate surface area is 88.1 Å². The molecule has 90 valence electrons. The third-order valence-corrected chi connectivity index (χ3v) is 0.283. The number of aliphatic hydroxyl groups excluding tert-OH is 2. The number of aliphatic hydroxyl groups is 2. The van der Waals surface area contributed by atoms with Gasteiger partial charge in [-0.25, -0.2) is 0 Å². The standard InChI is InChI=1S/C4H6O2.C2H4O2.CH4O3S/c5-3-1-2-4-6;1-2(3)4;1-5(2,3)4/h5-6H,3-4H2;1H3,(H,3,4);1H3,(H,2,3,4). The van der Waals surface area contributed by atoms with E-state index in [1.165, 1.54) is 0 Å². The van der Waals surface area contributed by atoms with Gasteiger partial charge in [0.1, 0.15) is 13.2 Å². The van der Waals surface area contributed by atoms with E-state index in [9.17, 15) is 8.42 Å². The summed E-state index contributed by atoms with van der Waals surface area (Å²) < 4.78 is 25.9. The molecule has 0 spiro atoms. The third-order valence-electron chi connectivity index (χ3n) is 0.283. The minimum atomic E-state index is -3.67. The quantitative estimate of drug-likeness (QED) is 0.302. The highest BCUT2D eigenvalue weighted by Gasteiger charge is 1.81. The van der Waals surface area contributed by atoms with Gasteiger partial charge >= 0.3 is 0 Å². The van der Waals surface area contributed by atoms with Crippen LogP contribution in [0.1, 0.15) is 6.92 Å². The Balaban J connectivity index is -0.000000147. The molecule has 0 rings (SSSR count). The van der Waals surface area contributed by atoms with Gasteiger partial charge in [0, 0.05) is 6.92 Å². The molecule has 0 aliphatic heterocycles. The lowest BCUT2D eigenvalue weighted by Crippen LogP contribution is -1.88. The molecule has 0 aromatic heterocycles. The van der Waals surface area contributed by atoms with Crippen molar-refractivity contribution in [2.45, 2.75) is 6.92 Å². The molecule has 0 aromatic carbocycles. The second-order valence-corrected chi connectivity index (χ2v) is 3.39. The van der Waals surface area contributed by atoms with Gasteiger partial charge in [0.05, 0.1) is 6.26 Å². The van der Waals surface area contributed by atoms with Gasteiger partial charge in [-0.1, -0.05) is 11.8 Å². The summed E-state index contributed by atoms with van der Waals surface area (Å²) in [7, 11) is -3.67. The minimum Gasteiger partial charge on any atom is -0.481 e. The number of aliphatic carboxylic acids is 1. The van der Waals surface area contributed by atoms with Crippen LogP contribution < -0.4 is 0 Å². The summed E-state index contributed by atoms with van der Waals surface area (Å²) in [4.78, 5) is 9.00. The molecule has 0 bridgehead atoms. The van der Waals surface area contributed by atoms with E-state index in [1.807, 2.05) is 0 Å². The molecule has 0 radical (unpaired) electrons. The first-order chi connectivity index (χ1) is 6.65. The molecule has 15 heavy (non-hydrogen) atoms. The third kappa shape index (κ3) is 438. The van der Waals surface area contributed by atoms with Gasteiger partial charge in [-0.15, -0.1) is 0 Å². The summed E-state index contributed by atoms with van der Waals surface area (Å²) in [5.41, 5.74) is 0. The molecule has 0 amide bonds. The van der Waals surface area contributed by atoms with Gasteiger partial charge < -0.3 is 15.3 Å². The molecule has 0 aliphatic rings. The van der Waals surface area contributed by atoms with Crippen LogP contribution in [0.3, 0.4) is 0 Å². The SMILES string of the molecule is CC(=O)O.CS(=O)(=O)O.OCC#CCO. The van der Waals surface area contributed by atoms with E-state index in [2.05, 4.69) is 11.8 Å². The molecule has 0 aliphatic carbocycles. The van der Waals surface area contributed by atoms with Crippen molar-refractivity contribution in [3.8, 4) is 11.8 Å². The van der Waals surface area contributed by atoms with Crippen molar-refractivity contribution in [3.05, 3.63) is 0 Å². The van der Waals surface area contributed by atoms with Crippen LogP contribution in [0.2, 0.25) is 0 Å². The van der Waals surface area contributed by atoms with Crippen LogP contribution in [-0.2, 0) is 14.9 Å². The van der Waals surface area contributed by atoms with Crippen LogP contribution in [0.15, 0.2) is 0 Å². The van der Waals surface area contributed by atoms with E-state index >= 15 is 0 Å².